The third kappa shape index (κ3) is 3.40. The van der Waals surface area contributed by atoms with E-state index in [9.17, 15) is 19.2 Å². The number of esters is 2. The Morgan fingerprint density at radius 1 is 0.793 bits per heavy atom. The molecule has 0 fully saturated rings. The van der Waals surface area contributed by atoms with Gasteiger partial charge in [0.15, 0.2) is 0 Å². The second-order valence-corrected chi connectivity index (χ2v) is 6.45. The summed E-state index contributed by atoms with van der Waals surface area (Å²) in [5.74, 6) is -3.47. The van der Waals surface area contributed by atoms with E-state index in [1.165, 1.54) is 12.1 Å². The van der Waals surface area contributed by atoms with Crippen LogP contribution < -0.4 is 0 Å². The highest BCUT2D eigenvalue weighted by atomic mass is 16.6. The number of hydrogen-bond acceptors (Lipinski definition) is 6. The normalized spacial score (nSPS) is 13.2. The van der Waals surface area contributed by atoms with E-state index < -0.39 is 29.3 Å². The van der Waals surface area contributed by atoms with Gasteiger partial charge in [0, 0.05) is 6.42 Å². The number of fused-ring (bicyclic) bond motifs is 1. The van der Waals surface area contributed by atoms with Crippen LogP contribution >= 0.6 is 0 Å². The third-order valence-electron chi connectivity index (χ3n) is 4.70. The van der Waals surface area contributed by atoms with Crippen LogP contribution in [-0.2, 0) is 25.5 Å². The molecule has 1 aliphatic rings. The number of hydrogen-bond donors (Lipinski definition) is 0. The first kappa shape index (κ1) is 20.3. The lowest BCUT2D eigenvalue weighted by molar-refractivity contribution is -0.171. The van der Waals surface area contributed by atoms with E-state index in [1.807, 2.05) is 0 Å². The van der Waals surface area contributed by atoms with Crippen LogP contribution in [0.4, 0.5) is 0 Å². The highest BCUT2D eigenvalue weighted by Crippen LogP contribution is 2.34. The summed E-state index contributed by atoms with van der Waals surface area (Å²) < 4.78 is 10.3. The van der Waals surface area contributed by atoms with Gasteiger partial charge in [-0.3, -0.25) is 9.59 Å². The van der Waals surface area contributed by atoms with Crippen molar-refractivity contribution in [3.63, 3.8) is 0 Å². The molecule has 1 heterocycles. The smallest absolute Gasteiger partial charge is 0.344 e. The second-order valence-electron chi connectivity index (χ2n) is 6.45. The van der Waals surface area contributed by atoms with E-state index in [2.05, 4.69) is 0 Å². The zero-order chi connectivity index (χ0) is 21.0. The van der Waals surface area contributed by atoms with E-state index in [0.29, 0.717) is 10.5 Å². The molecule has 0 radical (unpaired) electrons. The number of rotatable bonds is 7. The summed E-state index contributed by atoms with van der Waals surface area (Å²) >= 11 is 0. The van der Waals surface area contributed by atoms with Crippen molar-refractivity contribution in [2.75, 3.05) is 13.2 Å². The summed E-state index contributed by atoms with van der Waals surface area (Å²) in [5.41, 5.74) is -1.43. The Labute approximate surface area is 168 Å². The molecular weight excluding hydrogens is 374 g/mol. The maximum atomic E-state index is 13.2. The predicted octanol–water partition coefficient (Wildman–Crippen LogP) is 2.39. The molecule has 2 aromatic rings. The van der Waals surface area contributed by atoms with Crippen molar-refractivity contribution in [2.45, 2.75) is 25.8 Å². The third-order valence-corrected chi connectivity index (χ3v) is 4.70. The monoisotopic (exact) mass is 395 g/mol. The number of carbonyl (C=O) groups excluding carboxylic acids is 4. The lowest BCUT2D eigenvalue weighted by atomic mass is 9.88. The van der Waals surface area contributed by atoms with Gasteiger partial charge in [-0.1, -0.05) is 42.5 Å². The number of amides is 2. The van der Waals surface area contributed by atoms with E-state index >= 15 is 0 Å². The average molecular weight is 395 g/mol. The molecule has 0 saturated carbocycles. The van der Waals surface area contributed by atoms with Crippen molar-refractivity contribution < 1.29 is 28.7 Å². The Morgan fingerprint density at radius 3 is 1.69 bits per heavy atom. The molecule has 0 N–H and O–H groups in total. The Hall–Kier alpha value is -3.48. The Bertz CT molecular complexity index is 900. The lowest BCUT2D eigenvalue weighted by Crippen LogP contribution is -2.64. The molecule has 3 rings (SSSR count). The van der Waals surface area contributed by atoms with Crippen LogP contribution in [0.25, 0.3) is 0 Å². The molecule has 150 valence electrons. The molecule has 0 bridgehead atoms. The van der Waals surface area contributed by atoms with Gasteiger partial charge in [0.05, 0.1) is 24.3 Å². The predicted molar refractivity (Wildman–Crippen MR) is 103 cm³/mol. The first-order chi connectivity index (χ1) is 14.0. The number of nitrogens with zero attached hydrogens (tertiary/aromatic N) is 1. The molecule has 0 spiro atoms. The number of benzene rings is 2. The summed E-state index contributed by atoms with van der Waals surface area (Å²) in [5, 5.41) is 0. The molecule has 1 aliphatic heterocycles. The number of imide groups is 1. The minimum Gasteiger partial charge on any atom is -0.464 e. The van der Waals surface area contributed by atoms with Crippen LogP contribution in [0.1, 0.15) is 40.1 Å². The summed E-state index contributed by atoms with van der Waals surface area (Å²) in [6.07, 6.45) is -0.253. The summed E-state index contributed by atoms with van der Waals surface area (Å²) in [6, 6.07) is 14.8. The van der Waals surface area contributed by atoms with Crippen LogP contribution in [0.15, 0.2) is 54.6 Å². The molecule has 0 aliphatic carbocycles. The van der Waals surface area contributed by atoms with Crippen LogP contribution in [0.3, 0.4) is 0 Å². The number of carbonyl (C=O) groups is 4. The zero-order valence-electron chi connectivity index (χ0n) is 16.2. The van der Waals surface area contributed by atoms with E-state index in [-0.39, 0.29) is 30.8 Å². The van der Waals surface area contributed by atoms with Crippen molar-refractivity contribution in [1.29, 1.82) is 0 Å². The summed E-state index contributed by atoms with van der Waals surface area (Å²) in [6.45, 7) is 3.10. The first-order valence-corrected chi connectivity index (χ1v) is 9.33. The van der Waals surface area contributed by atoms with Gasteiger partial charge < -0.3 is 9.47 Å². The Balaban J connectivity index is 2.20. The highest BCUT2D eigenvalue weighted by molar-refractivity contribution is 6.26. The van der Waals surface area contributed by atoms with Gasteiger partial charge in [0.25, 0.3) is 11.8 Å². The number of ether oxygens (including phenoxy) is 2. The SMILES string of the molecule is CCOC(=O)C(Cc1ccccc1)(C(=O)OCC)N1C(=O)c2ccccc2C1=O. The maximum absolute atomic E-state index is 13.2. The molecule has 7 heteroatoms. The molecule has 29 heavy (non-hydrogen) atoms. The van der Waals surface area contributed by atoms with Crippen LogP contribution in [0.2, 0.25) is 0 Å². The van der Waals surface area contributed by atoms with Gasteiger partial charge in [-0.05, 0) is 31.5 Å². The second kappa shape index (κ2) is 8.26. The van der Waals surface area contributed by atoms with Crippen molar-refractivity contribution in [1.82, 2.24) is 4.90 Å². The molecule has 0 atom stereocenters. The highest BCUT2D eigenvalue weighted by Gasteiger charge is 2.61. The molecule has 0 saturated heterocycles. The van der Waals surface area contributed by atoms with Crippen molar-refractivity contribution in [3.8, 4) is 0 Å². The van der Waals surface area contributed by atoms with Gasteiger partial charge in [-0.15, -0.1) is 0 Å². The fraction of sp³-hybridized carbons (Fsp3) is 0.273. The molecular formula is C22H21NO6. The Morgan fingerprint density at radius 2 is 1.24 bits per heavy atom. The quantitative estimate of drug-likeness (QED) is 0.406. The minimum atomic E-state index is -2.26. The topological polar surface area (TPSA) is 90.0 Å². The van der Waals surface area contributed by atoms with Crippen molar-refractivity contribution in [2.24, 2.45) is 0 Å². The van der Waals surface area contributed by atoms with Crippen LogP contribution in [-0.4, -0.2) is 47.4 Å². The van der Waals surface area contributed by atoms with Gasteiger partial charge in [0.1, 0.15) is 0 Å². The summed E-state index contributed by atoms with van der Waals surface area (Å²) in [7, 11) is 0. The fourth-order valence-corrected chi connectivity index (χ4v) is 3.42. The zero-order valence-corrected chi connectivity index (χ0v) is 16.2. The molecule has 2 amide bonds. The van der Waals surface area contributed by atoms with E-state index in [4.69, 9.17) is 9.47 Å². The molecule has 2 aromatic carbocycles. The average Bonchev–Trinajstić information content (AvgIpc) is 2.98. The Kier molecular flexibility index (Phi) is 5.77. The molecule has 0 aromatic heterocycles. The molecule has 0 unspecified atom stereocenters. The van der Waals surface area contributed by atoms with E-state index in [0.717, 1.165) is 0 Å². The van der Waals surface area contributed by atoms with Crippen LogP contribution in [0, 0.1) is 0 Å². The molecule has 7 nitrogen and oxygen atoms in total. The summed E-state index contributed by atoms with van der Waals surface area (Å²) in [4.78, 5) is 53.3. The lowest BCUT2D eigenvalue weighted by Gasteiger charge is -2.35. The maximum Gasteiger partial charge on any atom is 0.344 e. The first-order valence-electron chi connectivity index (χ1n) is 9.33. The van der Waals surface area contributed by atoms with Gasteiger partial charge >= 0.3 is 11.9 Å². The van der Waals surface area contributed by atoms with Crippen molar-refractivity contribution >= 4 is 23.8 Å². The van der Waals surface area contributed by atoms with Gasteiger partial charge in [0.2, 0.25) is 5.54 Å². The minimum absolute atomic E-state index is 0.0298. The van der Waals surface area contributed by atoms with E-state index in [1.54, 1.807) is 56.3 Å². The van der Waals surface area contributed by atoms with Crippen molar-refractivity contribution in [3.05, 3.63) is 71.3 Å². The van der Waals surface area contributed by atoms with Gasteiger partial charge in [-0.25, -0.2) is 14.5 Å². The fourth-order valence-electron chi connectivity index (χ4n) is 3.42. The standard InChI is InChI=1S/C22H21NO6/c1-3-28-20(26)22(21(27)29-4-2,14-15-10-6-5-7-11-15)23-18(24)16-12-8-9-13-17(16)19(23)25/h5-13H,3-4,14H2,1-2H3. The van der Waals surface area contributed by atoms with Gasteiger partial charge in [-0.2, -0.15) is 0 Å². The largest absolute Gasteiger partial charge is 0.464 e. The van der Waals surface area contributed by atoms with Crippen LogP contribution in [0.5, 0.6) is 0 Å².